The highest BCUT2D eigenvalue weighted by Crippen LogP contribution is 2.27. The summed E-state index contributed by atoms with van der Waals surface area (Å²) in [6.45, 7) is 2.03. The van der Waals surface area contributed by atoms with E-state index in [-0.39, 0.29) is 11.3 Å². The largest absolute Gasteiger partial charge is 0.507 e. The number of rotatable bonds is 2. The van der Waals surface area contributed by atoms with Crippen LogP contribution in [0.1, 0.15) is 12.5 Å². The molecule has 0 aliphatic rings. The van der Waals surface area contributed by atoms with Crippen molar-refractivity contribution in [2.24, 2.45) is 0 Å². The van der Waals surface area contributed by atoms with Crippen molar-refractivity contribution in [3.63, 3.8) is 0 Å². The highest BCUT2D eigenvalue weighted by atomic mass is 16.3. The SMILES string of the molecule is CCc1ccc(O)c(-c2nc3ccccc3c(=O)[nH]2)c1. The normalized spacial score (nSPS) is 10.8. The molecule has 0 spiro atoms. The molecule has 0 saturated heterocycles. The van der Waals surface area contributed by atoms with Crippen molar-refractivity contribution in [2.45, 2.75) is 13.3 Å². The molecule has 0 radical (unpaired) electrons. The van der Waals surface area contributed by atoms with Crippen LogP contribution < -0.4 is 5.56 Å². The maximum absolute atomic E-state index is 12.1. The smallest absolute Gasteiger partial charge is 0.259 e. The van der Waals surface area contributed by atoms with E-state index in [9.17, 15) is 9.90 Å². The van der Waals surface area contributed by atoms with Crippen LogP contribution in [0.3, 0.4) is 0 Å². The lowest BCUT2D eigenvalue weighted by atomic mass is 10.1. The molecule has 0 aliphatic heterocycles. The molecule has 20 heavy (non-hydrogen) atoms. The van der Waals surface area contributed by atoms with Crippen molar-refractivity contribution in [3.05, 3.63) is 58.4 Å². The second kappa shape index (κ2) is 4.81. The Labute approximate surface area is 115 Å². The summed E-state index contributed by atoms with van der Waals surface area (Å²) in [6, 6.07) is 12.5. The van der Waals surface area contributed by atoms with Crippen LogP contribution in [0.25, 0.3) is 22.3 Å². The lowest BCUT2D eigenvalue weighted by Gasteiger charge is -2.07. The number of H-pyrrole nitrogens is 1. The van der Waals surface area contributed by atoms with E-state index in [1.165, 1.54) is 0 Å². The quantitative estimate of drug-likeness (QED) is 0.749. The zero-order valence-electron chi connectivity index (χ0n) is 11.1. The Morgan fingerprint density at radius 1 is 1.20 bits per heavy atom. The summed E-state index contributed by atoms with van der Waals surface area (Å²) < 4.78 is 0. The van der Waals surface area contributed by atoms with Crippen molar-refractivity contribution >= 4 is 10.9 Å². The van der Waals surface area contributed by atoms with Gasteiger partial charge >= 0.3 is 0 Å². The van der Waals surface area contributed by atoms with E-state index < -0.39 is 0 Å². The van der Waals surface area contributed by atoms with E-state index >= 15 is 0 Å². The van der Waals surface area contributed by atoms with Crippen LogP contribution in [0, 0.1) is 0 Å². The first-order valence-electron chi connectivity index (χ1n) is 6.50. The van der Waals surface area contributed by atoms with E-state index in [1.807, 2.05) is 25.1 Å². The van der Waals surface area contributed by atoms with Crippen molar-refractivity contribution < 1.29 is 5.11 Å². The molecule has 4 heteroatoms. The first kappa shape index (κ1) is 12.4. The summed E-state index contributed by atoms with van der Waals surface area (Å²) in [5.74, 6) is 0.502. The Kier molecular flexibility index (Phi) is 2.99. The number of para-hydroxylation sites is 1. The van der Waals surface area contributed by atoms with Crippen LogP contribution in [0.4, 0.5) is 0 Å². The van der Waals surface area contributed by atoms with Gasteiger partial charge in [0.2, 0.25) is 0 Å². The van der Waals surface area contributed by atoms with Crippen molar-refractivity contribution in [1.29, 1.82) is 0 Å². The van der Waals surface area contributed by atoms with Gasteiger partial charge in [-0.15, -0.1) is 0 Å². The number of aromatic hydroxyl groups is 1. The van der Waals surface area contributed by atoms with Crippen LogP contribution >= 0.6 is 0 Å². The molecule has 0 unspecified atom stereocenters. The van der Waals surface area contributed by atoms with Crippen LogP contribution in [0.15, 0.2) is 47.3 Å². The molecule has 3 rings (SSSR count). The van der Waals surface area contributed by atoms with Gasteiger partial charge in [-0.25, -0.2) is 4.98 Å². The van der Waals surface area contributed by atoms with E-state index in [1.54, 1.807) is 24.3 Å². The van der Waals surface area contributed by atoms with Crippen LogP contribution in [0.5, 0.6) is 5.75 Å². The molecule has 0 atom stereocenters. The second-order valence-electron chi connectivity index (χ2n) is 4.64. The third-order valence-electron chi connectivity index (χ3n) is 3.34. The van der Waals surface area contributed by atoms with E-state index in [0.717, 1.165) is 12.0 Å². The van der Waals surface area contributed by atoms with E-state index in [0.29, 0.717) is 22.3 Å². The zero-order chi connectivity index (χ0) is 14.1. The third kappa shape index (κ3) is 2.05. The van der Waals surface area contributed by atoms with Gasteiger partial charge in [0.05, 0.1) is 16.5 Å². The van der Waals surface area contributed by atoms with E-state index in [4.69, 9.17) is 0 Å². The number of hydrogen-bond acceptors (Lipinski definition) is 3. The molecular formula is C16H14N2O2. The highest BCUT2D eigenvalue weighted by molar-refractivity contribution is 5.80. The number of aromatic nitrogens is 2. The Morgan fingerprint density at radius 3 is 2.80 bits per heavy atom. The summed E-state index contributed by atoms with van der Waals surface area (Å²) in [5, 5.41) is 10.5. The summed E-state index contributed by atoms with van der Waals surface area (Å²) >= 11 is 0. The molecule has 0 aliphatic carbocycles. The molecule has 0 amide bonds. The fourth-order valence-corrected chi connectivity index (χ4v) is 2.21. The Morgan fingerprint density at radius 2 is 2.00 bits per heavy atom. The van der Waals surface area contributed by atoms with Gasteiger partial charge in [0, 0.05) is 0 Å². The average Bonchev–Trinajstić information content (AvgIpc) is 2.48. The van der Waals surface area contributed by atoms with Gasteiger partial charge in [0.1, 0.15) is 11.6 Å². The van der Waals surface area contributed by atoms with Crippen LogP contribution in [-0.4, -0.2) is 15.1 Å². The lowest BCUT2D eigenvalue weighted by molar-refractivity contribution is 0.476. The van der Waals surface area contributed by atoms with Gasteiger partial charge in [-0.1, -0.05) is 25.1 Å². The minimum atomic E-state index is -0.202. The van der Waals surface area contributed by atoms with Gasteiger partial charge in [-0.2, -0.15) is 0 Å². The number of aryl methyl sites for hydroxylation is 1. The highest BCUT2D eigenvalue weighted by Gasteiger charge is 2.10. The van der Waals surface area contributed by atoms with E-state index in [2.05, 4.69) is 9.97 Å². The molecule has 2 aromatic carbocycles. The molecule has 3 aromatic rings. The third-order valence-corrected chi connectivity index (χ3v) is 3.34. The maximum atomic E-state index is 12.1. The zero-order valence-corrected chi connectivity index (χ0v) is 11.1. The number of aromatic amines is 1. The summed E-state index contributed by atoms with van der Waals surface area (Å²) in [4.78, 5) is 19.2. The summed E-state index contributed by atoms with van der Waals surface area (Å²) in [7, 11) is 0. The second-order valence-corrected chi connectivity index (χ2v) is 4.64. The topological polar surface area (TPSA) is 66.0 Å². The number of nitrogens with one attached hydrogen (secondary N) is 1. The fourth-order valence-electron chi connectivity index (χ4n) is 2.21. The number of phenolic OH excluding ortho intramolecular Hbond substituents is 1. The Bertz CT molecular complexity index is 837. The first-order valence-corrected chi connectivity index (χ1v) is 6.50. The minimum absolute atomic E-state index is 0.112. The number of fused-ring (bicyclic) bond motifs is 1. The van der Waals surface area contributed by atoms with Gasteiger partial charge < -0.3 is 10.1 Å². The molecular weight excluding hydrogens is 252 g/mol. The number of phenols is 1. The maximum Gasteiger partial charge on any atom is 0.259 e. The fraction of sp³-hybridized carbons (Fsp3) is 0.125. The van der Waals surface area contributed by atoms with Crippen molar-refractivity contribution in [2.75, 3.05) is 0 Å². The lowest BCUT2D eigenvalue weighted by Crippen LogP contribution is -2.09. The van der Waals surface area contributed by atoms with Gasteiger partial charge in [-0.05, 0) is 36.2 Å². The van der Waals surface area contributed by atoms with Crippen molar-refractivity contribution in [3.8, 4) is 17.1 Å². The number of benzene rings is 2. The molecule has 4 nitrogen and oxygen atoms in total. The molecule has 2 N–H and O–H groups in total. The molecule has 0 fully saturated rings. The van der Waals surface area contributed by atoms with Gasteiger partial charge in [0.25, 0.3) is 5.56 Å². The molecule has 1 heterocycles. The standard InChI is InChI=1S/C16H14N2O2/c1-2-10-7-8-14(19)12(9-10)15-17-13-6-4-3-5-11(13)16(20)18-15/h3-9,19H,2H2,1H3,(H,17,18,20). The minimum Gasteiger partial charge on any atom is -0.507 e. The Hall–Kier alpha value is -2.62. The summed E-state index contributed by atoms with van der Waals surface area (Å²) in [6.07, 6.45) is 0.852. The predicted octanol–water partition coefficient (Wildman–Crippen LogP) is 2.86. The summed E-state index contributed by atoms with van der Waals surface area (Å²) in [5.41, 5.74) is 2.04. The Balaban J connectivity index is 2.27. The monoisotopic (exact) mass is 266 g/mol. The number of nitrogens with zero attached hydrogens (tertiary/aromatic N) is 1. The average molecular weight is 266 g/mol. The number of hydrogen-bond donors (Lipinski definition) is 2. The molecule has 100 valence electrons. The molecule has 0 saturated carbocycles. The predicted molar refractivity (Wildman–Crippen MR) is 78.8 cm³/mol. The van der Waals surface area contributed by atoms with Gasteiger partial charge in [0.15, 0.2) is 0 Å². The molecule has 0 bridgehead atoms. The van der Waals surface area contributed by atoms with Crippen LogP contribution in [0.2, 0.25) is 0 Å². The first-order chi connectivity index (χ1) is 9.69. The van der Waals surface area contributed by atoms with Crippen LogP contribution in [-0.2, 0) is 6.42 Å². The van der Waals surface area contributed by atoms with Crippen molar-refractivity contribution in [1.82, 2.24) is 9.97 Å². The molecule has 1 aromatic heterocycles. The van der Waals surface area contributed by atoms with Gasteiger partial charge in [-0.3, -0.25) is 4.79 Å².